The minimum Gasteiger partial charge on any atom is -0.457 e. The normalized spacial score (nSPS) is 36.9. The van der Waals surface area contributed by atoms with Crippen molar-refractivity contribution in [3.8, 4) is 0 Å². The van der Waals surface area contributed by atoms with Crippen molar-refractivity contribution in [1.82, 2.24) is 0 Å². The van der Waals surface area contributed by atoms with E-state index in [1.807, 2.05) is 0 Å². The number of hydrogen-bond donors (Lipinski definition) is 0. The van der Waals surface area contributed by atoms with Crippen molar-refractivity contribution in [3.05, 3.63) is 0 Å². The zero-order valence-electron chi connectivity index (χ0n) is 17.6. The number of ether oxygens (including phenoxy) is 8. The summed E-state index contributed by atoms with van der Waals surface area (Å²) < 4.78 is 44.0. The summed E-state index contributed by atoms with van der Waals surface area (Å²) in [7, 11) is 0. The van der Waals surface area contributed by atoms with Crippen molar-refractivity contribution in [2.75, 3.05) is 19.8 Å². The van der Waals surface area contributed by atoms with E-state index in [2.05, 4.69) is 0 Å². The molecule has 3 aliphatic rings. The second-order valence-corrected chi connectivity index (χ2v) is 7.42. The van der Waals surface area contributed by atoms with Gasteiger partial charge in [0.05, 0.1) is 19.8 Å². The van der Waals surface area contributed by atoms with Gasteiger partial charge in [-0.2, -0.15) is 0 Å². The van der Waals surface area contributed by atoms with E-state index in [1.54, 1.807) is 0 Å². The van der Waals surface area contributed by atoms with Crippen LogP contribution < -0.4 is 0 Å². The molecule has 8 atom stereocenters. The summed E-state index contributed by atoms with van der Waals surface area (Å²) in [6.07, 6.45) is -6.72. The van der Waals surface area contributed by atoms with E-state index in [0.29, 0.717) is 0 Å². The molecule has 3 saturated heterocycles. The second kappa shape index (κ2) is 9.90. The van der Waals surface area contributed by atoms with Crippen LogP contribution in [0.4, 0.5) is 0 Å². The first-order valence-electron chi connectivity index (χ1n) is 9.85. The molecule has 31 heavy (non-hydrogen) atoms. The molecule has 0 aromatic heterocycles. The lowest BCUT2D eigenvalue weighted by atomic mass is 10.0. The van der Waals surface area contributed by atoms with Gasteiger partial charge in [-0.1, -0.05) is 0 Å². The summed E-state index contributed by atoms with van der Waals surface area (Å²) in [6.45, 7) is 4.96. The highest BCUT2D eigenvalue weighted by molar-refractivity contribution is 5.68. The van der Waals surface area contributed by atoms with E-state index >= 15 is 0 Å². The van der Waals surface area contributed by atoms with Crippen molar-refractivity contribution in [2.24, 2.45) is 0 Å². The third-order valence-corrected chi connectivity index (χ3v) is 4.89. The molecule has 3 aliphatic heterocycles. The third-order valence-electron chi connectivity index (χ3n) is 4.89. The Labute approximate surface area is 178 Å². The van der Waals surface area contributed by atoms with E-state index < -0.39 is 72.9 Å². The molecule has 0 aromatic carbocycles. The first-order valence-corrected chi connectivity index (χ1v) is 9.85. The van der Waals surface area contributed by atoms with Crippen LogP contribution in [0.3, 0.4) is 0 Å². The Morgan fingerprint density at radius 2 is 1.03 bits per heavy atom. The predicted molar refractivity (Wildman–Crippen MR) is 96.3 cm³/mol. The fraction of sp³-hybridized carbons (Fsp3) is 0.789. The van der Waals surface area contributed by atoms with Crippen molar-refractivity contribution in [3.63, 3.8) is 0 Å². The van der Waals surface area contributed by atoms with Gasteiger partial charge in [-0.25, -0.2) is 0 Å². The zero-order valence-corrected chi connectivity index (χ0v) is 17.6. The Balaban J connectivity index is 1.73. The van der Waals surface area contributed by atoms with Crippen LogP contribution in [0.5, 0.6) is 0 Å². The maximum absolute atomic E-state index is 11.7. The molecule has 174 valence electrons. The van der Waals surface area contributed by atoms with Crippen LogP contribution >= 0.6 is 0 Å². The van der Waals surface area contributed by atoms with Gasteiger partial charge in [-0.05, 0) is 0 Å². The lowest BCUT2D eigenvalue weighted by Crippen LogP contribution is -2.59. The number of hydrogen-bond acceptors (Lipinski definition) is 12. The van der Waals surface area contributed by atoms with E-state index in [4.69, 9.17) is 37.9 Å². The fourth-order valence-corrected chi connectivity index (χ4v) is 3.86. The highest BCUT2D eigenvalue weighted by Crippen LogP contribution is 2.33. The number of carbonyl (C=O) groups is 4. The number of rotatable bonds is 6. The van der Waals surface area contributed by atoms with Crippen LogP contribution in [0.2, 0.25) is 0 Å². The van der Waals surface area contributed by atoms with Crippen LogP contribution in [0.1, 0.15) is 27.7 Å². The van der Waals surface area contributed by atoms with Crippen molar-refractivity contribution < 1.29 is 57.1 Å². The third kappa shape index (κ3) is 5.70. The Morgan fingerprint density at radius 3 is 1.61 bits per heavy atom. The van der Waals surface area contributed by atoms with Gasteiger partial charge < -0.3 is 37.9 Å². The Kier molecular flexibility index (Phi) is 7.46. The molecule has 0 aromatic rings. The van der Waals surface area contributed by atoms with Crippen molar-refractivity contribution in [1.29, 1.82) is 0 Å². The summed E-state index contributed by atoms with van der Waals surface area (Å²) >= 11 is 0. The minimum absolute atomic E-state index is 0.116. The SMILES string of the molecule is CC(=O)O[C@@H]1[C@@H](OC(C)=O)[C@H](O[C@H]2CO[C@H]3[C@@H]2OC[C@H]3OC(C)=O)OC[C@H]1OC(C)=O. The molecule has 0 aliphatic carbocycles. The number of esters is 4. The van der Waals surface area contributed by atoms with E-state index in [9.17, 15) is 19.2 Å². The molecule has 0 saturated carbocycles. The molecule has 0 N–H and O–H groups in total. The molecule has 12 nitrogen and oxygen atoms in total. The quantitative estimate of drug-likeness (QED) is 0.374. The Bertz CT molecular complexity index is 708. The van der Waals surface area contributed by atoms with E-state index in [-0.39, 0.29) is 19.8 Å². The maximum Gasteiger partial charge on any atom is 0.303 e. The molecule has 3 rings (SSSR count). The van der Waals surface area contributed by atoms with Gasteiger partial charge in [0.15, 0.2) is 30.7 Å². The van der Waals surface area contributed by atoms with Gasteiger partial charge in [0.2, 0.25) is 0 Å². The summed E-state index contributed by atoms with van der Waals surface area (Å²) in [5.41, 5.74) is 0. The minimum atomic E-state index is -1.20. The second-order valence-electron chi connectivity index (χ2n) is 7.42. The van der Waals surface area contributed by atoms with Crippen LogP contribution in [0, 0.1) is 0 Å². The molecular formula is C19H26O12. The number of fused-ring (bicyclic) bond motifs is 1. The predicted octanol–water partition coefficient (Wildman–Crippen LogP) is -0.748. The Morgan fingerprint density at radius 1 is 0.581 bits per heavy atom. The smallest absolute Gasteiger partial charge is 0.303 e. The molecule has 3 heterocycles. The van der Waals surface area contributed by atoms with Crippen molar-refractivity contribution >= 4 is 23.9 Å². The highest BCUT2D eigenvalue weighted by Gasteiger charge is 2.53. The lowest BCUT2D eigenvalue weighted by Gasteiger charge is -2.41. The first kappa shape index (κ1) is 23.4. The average molecular weight is 446 g/mol. The standard InChI is InChI=1S/C19H26O12/c1-8(20)27-12-5-24-16-13(6-25-15(12)16)31-19-18(30-11(4)23)17(29-10(3)22)14(7-26-19)28-9(2)21/h12-19H,5-7H2,1-4H3/t12-,13+,14-,15-,16-,17+,18-,19+/m1/s1. The summed E-state index contributed by atoms with van der Waals surface area (Å²) in [6, 6.07) is 0. The number of carbonyl (C=O) groups excluding carboxylic acids is 4. The van der Waals surface area contributed by atoms with E-state index in [0.717, 1.165) is 0 Å². The summed E-state index contributed by atoms with van der Waals surface area (Å²) in [4.78, 5) is 46.0. The Hall–Kier alpha value is -2.28. The summed E-state index contributed by atoms with van der Waals surface area (Å²) in [5, 5.41) is 0. The van der Waals surface area contributed by atoms with Gasteiger partial charge in [0, 0.05) is 27.7 Å². The fourth-order valence-electron chi connectivity index (χ4n) is 3.86. The maximum atomic E-state index is 11.7. The average Bonchev–Trinajstić information content (AvgIpc) is 3.22. The van der Waals surface area contributed by atoms with Crippen LogP contribution in [0.25, 0.3) is 0 Å². The van der Waals surface area contributed by atoms with Crippen molar-refractivity contribution in [2.45, 2.75) is 76.7 Å². The molecular weight excluding hydrogens is 420 g/mol. The van der Waals surface area contributed by atoms with E-state index in [1.165, 1.54) is 27.7 Å². The molecule has 3 fully saturated rings. The highest BCUT2D eigenvalue weighted by atomic mass is 16.7. The monoisotopic (exact) mass is 446 g/mol. The first-order chi connectivity index (χ1) is 14.7. The molecule has 0 unspecified atom stereocenters. The van der Waals surface area contributed by atoms with Gasteiger partial charge >= 0.3 is 23.9 Å². The molecule has 0 radical (unpaired) electrons. The molecule has 12 heteroatoms. The van der Waals surface area contributed by atoms with Crippen LogP contribution in [-0.4, -0.2) is 92.7 Å². The summed E-state index contributed by atoms with van der Waals surface area (Å²) in [5.74, 6) is -2.40. The topological polar surface area (TPSA) is 142 Å². The molecule has 0 amide bonds. The molecule has 0 spiro atoms. The molecule has 0 bridgehead atoms. The van der Waals surface area contributed by atoms with Gasteiger partial charge in [-0.15, -0.1) is 0 Å². The van der Waals surface area contributed by atoms with Gasteiger partial charge in [-0.3, -0.25) is 19.2 Å². The van der Waals surface area contributed by atoms with Crippen LogP contribution in [-0.2, 0) is 57.1 Å². The van der Waals surface area contributed by atoms with Gasteiger partial charge in [0.1, 0.15) is 18.3 Å². The van der Waals surface area contributed by atoms with Gasteiger partial charge in [0.25, 0.3) is 0 Å². The zero-order chi connectivity index (χ0) is 22.7. The van der Waals surface area contributed by atoms with Crippen LogP contribution in [0.15, 0.2) is 0 Å². The largest absolute Gasteiger partial charge is 0.457 e. The lowest BCUT2D eigenvalue weighted by molar-refractivity contribution is -0.295.